The minimum atomic E-state index is -0.0507. The molecule has 1 fully saturated rings. The van der Waals surface area contributed by atoms with E-state index in [9.17, 15) is 4.79 Å². The number of piperidine rings is 1. The SMILES string of the molecule is COc1ccc(-c2nnc(C3CCCN(C(=O)NCCCl)C3)s2)cc1. The molecule has 1 aromatic heterocycles. The zero-order valence-electron chi connectivity index (χ0n) is 14.1. The highest BCUT2D eigenvalue weighted by molar-refractivity contribution is 7.14. The molecule has 1 saturated heterocycles. The van der Waals surface area contributed by atoms with Gasteiger partial charge in [0.15, 0.2) is 0 Å². The molecule has 25 heavy (non-hydrogen) atoms. The molecule has 1 aliphatic heterocycles. The van der Waals surface area contributed by atoms with Crippen LogP contribution in [0, 0.1) is 0 Å². The third-order valence-corrected chi connectivity index (χ3v) is 5.53. The van der Waals surface area contributed by atoms with Gasteiger partial charge in [0.25, 0.3) is 0 Å². The van der Waals surface area contributed by atoms with E-state index >= 15 is 0 Å². The molecule has 134 valence electrons. The summed E-state index contributed by atoms with van der Waals surface area (Å²) < 4.78 is 5.18. The number of benzene rings is 1. The highest BCUT2D eigenvalue weighted by Crippen LogP contribution is 2.33. The van der Waals surface area contributed by atoms with Crippen molar-refractivity contribution in [3.63, 3.8) is 0 Å². The molecule has 1 atom stereocenters. The van der Waals surface area contributed by atoms with Crippen LogP contribution in [0.2, 0.25) is 0 Å². The molecule has 1 aliphatic rings. The van der Waals surface area contributed by atoms with Crippen LogP contribution in [-0.4, -0.2) is 53.8 Å². The summed E-state index contributed by atoms with van der Waals surface area (Å²) in [6.45, 7) is 1.93. The number of ether oxygens (including phenoxy) is 1. The monoisotopic (exact) mass is 380 g/mol. The molecule has 0 radical (unpaired) electrons. The predicted molar refractivity (Wildman–Crippen MR) is 99.6 cm³/mol. The number of rotatable bonds is 5. The van der Waals surface area contributed by atoms with Gasteiger partial charge in [-0.25, -0.2) is 4.79 Å². The Morgan fingerprint density at radius 1 is 1.40 bits per heavy atom. The Labute approximate surface area is 156 Å². The van der Waals surface area contributed by atoms with Crippen LogP contribution in [0.15, 0.2) is 24.3 Å². The number of nitrogens with zero attached hydrogens (tertiary/aromatic N) is 3. The normalized spacial score (nSPS) is 17.4. The van der Waals surface area contributed by atoms with E-state index < -0.39 is 0 Å². The summed E-state index contributed by atoms with van der Waals surface area (Å²) >= 11 is 7.23. The Morgan fingerprint density at radius 3 is 2.92 bits per heavy atom. The minimum absolute atomic E-state index is 0.0507. The third kappa shape index (κ3) is 4.41. The van der Waals surface area contributed by atoms with Crippen LogP contribution in [0.5, 0.6) is 5.75 Å². The van der Waals surface area contributed by atoms with Gasteiger partial charge in [-0.1, -0.05) is 11.3 Å². The zero-order chi connectivity index (χ0) is 17.6. The molecule has 0 aliphatic carbocycles. The van der Waals surface area contributed by atoms with E-state index in [1.54, 1.807) is 18.4 Å². The summed E-state index contributed by atoms with van der Waals surface area (Å²) in [5.41, 5.74) is 1.03. The van der Waals surface area contributed by atoms with Gasteiger partial charge < -0.3 is 15.0 Å². The van der Waals surface area contributed by atoms with Crippen LogP contribution in [0.1, 0.15) is 23.8 Å². The number of carbonyl (C=O) groups excluding carboxylic acids is 1. The quantitative estimate of drug-likeness (QED) is 0.808. The molecule has 1 unspecified atom stereocenters. The maximum Gasteiger partial charge on any atom is 0.317 e. The van der Waals surface area contributed by atoms with E-state index in [1.807, 2.05) is 29.2 Å². The lowest BCUT2D eigenvalue weighted by molar-refractivity contribution is 0.180. The van der Waals surface area contributed by atoms with Crippen molar-refractivity contribution < 1.29 is 9.53 Å². The van der Waals surface area contributed by atoms with Gasteiger partial charge in [-0.05, 0) is 37.1 Å². The molecule has 0 saturated carbocycles. The Morgan fingerprint density at radius 2 is 2.20 bits per heavy atom. The number of urea groups is 1. The van der Waals surface area contributed by atoms with Crippen LogP contribution >= 0.6 is 22.9 Å². The maximum absolute atomic E-state index is 12.1. The van der Waals surface area contributed by atoms with Crippen LogP contribution < -0.4 is 10.1 Å². The van der Waals surface area contributed by atoms with Gasteiger partial charge >= 0.3 is 6.03 Å². The fourth-order valence-electron chi connectivity index (χ4n) is 2.88. The van der Waals surface area contributed by atoms with Crippen LogP contribution in [-0.2, 0) is 0 Å². The molecule has 8 heteroatoms. The maximum atomic E-state index is 12.1. The van der Waals surface area contributed by atoms with Crippen LogP contribution in [0.25, 0.3) is 10.6 Å². The number of likely N-dealkylation sites (tertiary alicyclic amines) is 1. The second-order valence-electron chi connectivity index (χ2n) is 5.88. The van der Waals surface area contributed by atoms with Gasteiger partial charge in [-0.15, -0.1) is 21.8 Å². The van der Waals surface area contributed by atoms with E-state index in [-0.39, 0.29) is 11.9 Å². The van der Waals surface area contributed by atoms with Crippen molar-refractivity contribution >= 4 is 29.0 Å². The predicted octanol–water partition coefficient (Wildman–Crippen LogP) is 3.34. The first-order valence-corrected chi connectivity index (χ1v) is 9.63. The number of alkyl halides is 1. The summed E-state index contributed by atoms with van der Waals surface area (Å²) in [7, 11) is 1.65. The van der Waals surface area contributed by atoms with E-state index in [4.69, 9.17) is 16.3 Å². The van der Waals surface area contributed by atoms with Crippen molar-refractivity contribution in [1.82, 2.24) is 20.4 Å². The molecular weight excluding hydrogens is 360 g/mol. The molecule has 2 heterocycles. The smallest absolute Gasteiger partial charge is 0.317 e. The number of halogens is 1. The summed E-state index contributed by atoms with van der Waals surface area (Å²) in [4.78, 5) is 14.0. The Hall–Kier alpha value is -1.86. The molecule has 0 spiro atoms. The first-order valence-electron chi connectivity index (χ1n) is 8.28. The molecule has 2 aromatic rings. The molecular formula is C17H21ClN4O2S. The number of amides is 2. The third-order valence-electron chi connectivity index (χ3n) is 4.21. The number of aromatic nitrogens is 2. The second kappa shape index (κ2) is 8.49. The molecule has 6 nitrogen and oxygen atoms in total. The Balaban J connectivity index is 1.67. The average molecular weight is 381 g/mol. The Kier molecular flexibility index (Phi) is 6.09. The lowest BCUT2D eigenvalue weighted by Crippen LogP contribution is -2.45. The number of carbonyl (C=O) groups is 1. The highest BCUT2D eigenvalue weighted by atomic mass is 35.5. The fourth-order valence-corrected chi connectivity index (χ4v) is 3.95. The van der Waals surface area contributed by atoms with Gasteiger partial charge in [0, 0.05) is 37.0 Å². The summed E-state index contributed by atoms with van der Waals surface area (Å²) in [6, 6.07) is 7.75. The van der Waals surface area contributed by atoms with Gasteiger partial charge in [0.1, 0.15) is 15.8 Å². The van der Waals surface area contributed by atoms with Gasteiger partial charge in [0.2, 0.25) is 0 Å². The largest absolute Gasteiger partial charge is 0.497 e. The first-order chi connectivity index (χ1) is 12.2. The zero-order valence-corrected chi connectivity index (χ0v) is 15.6. The van der Waals surface area contributed by atoms with E-state index in [0.29, 0.717) is 19.0 Å². The van der Waals surface area contributed by atoms with Gasteiger partial charge in [-0.2, -0.15) is 0 Å². The van der Waals surface area contributed by atoms with E-state index in [0.717, 1.165) is 40.7 Å². The first kappa shape index (κ1) is 17.9. The summed E-state index contributed by atoms with van der Waals surface area (Å²) in [5, 5.41) is 13.4. The van der Waals surface area contributed by atoms with Crippen LogP contribution in [0.3, 0.4) is 0 Å². The molecule has 2 amide bonds. The van der Waals surface area contributed by atoms with Crippen molar-refractivity contribution in [3.05, 3.63) is 29.3 Å². The minimum Gasteiger partial charge on any atom is -0.497 e. The van der Waals surface area contributed by atoms with Crippen molar-refractivity contribution in [3.8, 4) is 16.3 Å². The van der Waals surface area contributed by atoms with Gasteiger partial charge in [0.05, 0.1) is 7.11 Å². The number of hydrogen-bond donors (Lipinski definition) is 1. The van der Waals surface area contributed by atoms with Crippen molar-refractivity contribution in [1.29, 1.82) is 0 Å². The highest BCUT2D eigenvalue weighted by Gasteiger charge is 2.27. The fraction of sp³-hybridized carbons (Fsp3) is 0.471. The molecule has 1 N–H and O–H groups in total. The van der Waals surface area contributed by atoms with Crippen molar-refractivity contribution in [2.24, 2.45) is 0 Å². The number of hydrogen-bond acceptors (Lipinski definition) is 5. The molecule has 3 rings (SSSR count). The standard InChI is InChI=1S/C17H21ClN4O2S/c1-24-14-6-4-12(5-7-14)15-20-21-16(25-15)13-3-2-10-22(11-13)17(23)19-9-8-18/h4-7,13H,2-3,8-11H2,1H3,(H,19,23). The Bertz CT molecular complexity index is 707. The summed E-state index contributed by atoms with van der Waals surface area (Å²) in [6.07, 6.45) is 1.99. The van der Waals surface area contributed by atoms with Gasteiger partial charge in [-0.3, -0.25) is 0 Å². The van der Waals surface area contributed by atoms with Crippen LogP contribution in [0.4, 0.5) is 4.79 Å². The second-order valence-corrected chi connectivity index (χ2v) is 7.27. The number of methoxy groups -OCH3 is 1. The van der Waals surface area contributed by atoms with E-state index in [1.165, 1.54) is 0 Å². The summed E-state index contributed by atoms with van der Waals surface area (Å²) in [5.74, 6) is 1.48. The number of nitrogens with one attached hydrogen (secondary N) is 1. The lowest BCUT2D eigenvalue weighted by Gasteiger charge is -2.31. The topological polar surface area (TPSA) is 67.4 Å². The average Bonchev–Trinajstić information content (AvgIpc) is 3.16. The van der Waals surface area contributed by atoms with Crippen molar-refractivity contribution in [2.75, 3.05) is 32.6 Å². The van der Waals surface area contributed by atoms with E-state index in [2.05, 4.69) is 15.5 Å². The van der Waals surface area contributed by atoms with Crippen molar-refractivity contribution in [2.45, 2.75) is 18.8 Å². The lowest BCUT2D eigenvalue weighted by atomic mass is 9.99. The molecule has 0 bridgehead atoms. The molecule has 1 aromatic carbocycles.